The maximum Gasteiger partial charge on any atom is 0.224 e. The number of unbranched alkanes of at least 4 members (excludes halogenated alkanes) is 3. The fraction of sp³-hybridized carbons (Fsp3) is 0.796. The summed E-state index contributed by atoms with van der Waals surface area (Å²) in [4.78, 5) is 146. The number of nitrogens with two attached hydrogens (primary N) is 6. The third kappa shape index (κ3) is 60.2. The number of hydrogen-bond acceptors (Lipinski definition) is 12. The van der Waals surface area contributed by atoms with Crippen LogP contribution in [0.3, 0.4) is 0 Å². The van der Waals surface area contributed by atoms with E-state index < -0.39 is 71.0 Å². The molecule has 12 atom stereocenters. The molecule has 1 saturated carbocycles. The molecule has 0 aromatic heterocycles. The average molecular weight is 1740 g/mol. The highest BCUT2D eigenvalue weighted by Gasteiger charge is 2.43. The molecule has 0 unspecified atom stereocenters. The molecule has 1 aliphatic rings. The molecular formula is C98H198N12O12. The molecule has 0 spiro atoms. The van der Waals surface area contributed by atoms with Gasteiger partial charge in [0, 0.05) is 71.4 Å². The zero-order valence-electron chi connectivity index (χ0n) is 83.8. The van der Waals surface area contributed by atoms with Crippen LogP contribution in [0.5, 0.6) is 0 Å². The van der Waals surface area contributed by atoms with Crippen LogP contribution in [0, 0.1) is 99.6 Å². The topological polar surface area (TPSA) is 433 Å². The van der Waals surface area contributed by atoms with E-state index in [1.807, 2.05) is 223 Å². The number of carbonyl (C=O) groups is 12. The van der Waals surface area contributed by atoms with Crippen molar-refractivity contribution in [1.82, 2.24) is 31.9 Å². The minimum absolute atomic E-state index is 0. The molecule has 122 heavy (non-hydrogen) atoms. The highest BCUT2D eigenvalue weighted by molar-refractivity contribution is 5.91. The van der Waals surface area contributed by atoms with Crippen molar-refractivity contribution in [3.05, 3.63) is 48.6 Å². The van der Waals surface area contributed by atoms with Gasteiger partial charge in [0.15, 0.2) is 0 Å². The maximum atomic E-state index is 12.7. The lowest BCUT2D eigenvalue weighted by molar-refractivity contribution is -0.138. The van der Waals surface area contributed by atoms with Crippen LogP contribution < -0.4 is 66.3 Å². The molecule has 0 heterocycles. The van der Waals surface area contributed by atoms with E-state index >= 15 is 0 Å². The Morgan fingerprint density at radius 2 is 0.656 bits per heavy atom. The van der Waals surface area contributed by atoms with E-state index in [1.165, 1.54) is 25.7 Å². The second-order valence-corrected chi connectivity index (χ2v) is 43.3. The summed E-state index contributed by atoms with van der Waals surface area (Å²) in [7, 11) is 0. The normalized spacial score (nSPS) is 16.0. The number of primary amides is 6. The molecule has 24 heteroatoms. The summed E-state index contributed by atoms with van der Waals surface area (Å²) in [5.74, 6) is -6.60. The lowest BCUT2D eigenvalue weighted by Crippen LogP contribution is -2.51. The Labute approximate surface area is 752 Å². The maximum absolute atomic E-state index is 12.7. The molecule has 0 aromatic carbocycles. The molecule has 12 amide bonds. The Kier molecular flexibility index (Phi) is 59.3. The third-order valence-corrected chi connectivity index (χ3v) is 20.2. The second-order valence-electron chi connectivity index (χ2n) is 43.3. The Hall–Kier alpha value is -7.40. The molecule has 0 aromatic rings. The van der Waals surface area contributed by atoms with Gasteiger partial charge in [-0.1, -0.05) is 196 Å². The highest BCUT2D eigenvalue weighted by Crippen LogP contribution is 2.38. The number of amides is 12. The van der Waals surface area contributed by atoms with Crippen molar-refractivity contribution in [2.75, 3.05) is 0 Å². The van der Waals surface area contributed by atoms with E-state index in [-0.39, 0.29) is 129 Å². The molecular weight excluding hydrogens is 1540 g/mol. The van der Waals surface area contributed by atoms with Gasteiger partial charge in [-0.2, -0.15) is 0 Å². The van der Waals surface area contributed by atoms with E-state index in [1.54, 1.807) is 0 Å². The zero-order chi connectivity index (χ0) is 96.8. The van der Waals surface area contributed by atoms with Gasteiger partial charge in [0.25, 0.3) is 0 Å². The van der Waals surface area contributed by atoms with Crippen molar-refractivity contribution < 1.29 is 66.1 Å². The van der Waals surface area contributed by atoms with Crippen LogP contribution in [0.1, 0.15) is 379 Å². The van der Waals surface area contributed by atoms with Gasteiger partial charge < -0.3 is 66.3 Å². The fourth-order valence-electron chi connectivity index (χ4n) is 14.9. The third-order valence-electron chi connectivity index (χ3n) is 20.2. The number of allylic oxidation sites excluding steroid dienone is 7. The van der Waals surface area contributed by atoms with E-state index in [2.05, 4.69) is 93.9 Å². The molecule has 1 rings (SSSR count). The van der Waals surface area contributed by atoms with Crippen molar-refractivity contribution in [1.29, 1.82) is 0 Å². The van der Waals surface area contributed by atoms with Gasteiger partial charge in [-0.3, -0.25) is 57.5 Å². The zero-order valence-corrected chi connectivity index (χ0v) is 83.8. The SMILES string of the molecule is C/C=C/C[C@H](C(N)=O)[C@@H](CC(C)(C)C)C(=O)NC(C)(C)C.C/C=C/C[C@H](C(N)=O)[C@H](C(=O)NC(C)(C)C)C(C)(C)C.C/C=C/C[C@H](C(N)=O)[C@H](C(=O)NC(C)(C)C)C(C)C.C=C(C)C[C@@H](C(=O)NC(C)(C)C)[C@H](CCCC)C(N)=O.CCCC[C@H](C(N)=O)[C@@H](CC(C)C)C(=O)NC(C)(C)C.CCCC[C@H](C(N)=O)[C@@H](CC1CCCC1)C(=O)NC(C)(C)C.[HH].[HH].[HH].[HH].[HH].[HH]. The standard InChI is InChI=1S/C18H34N2O2.C17H32N2O2.C16H30N2O2.C16H32N2O2.C16H30N2O2.C15H28N2O2.6H2/c1-5-6-11-14(16(19)21)15(12-13-9-7-8-10-13)17(22)20-18(2,3)4;1-8-9-10-12(14(18)20)13(11-16(2,3)4)15(21)19-17(5,6)7;1-8-9-10-11(13(17)19)12(15(2,3)4)14(20)18-16(5,6)7;2*1-7-8-9-12(14(17)19)13(10-11(2)3)15(20)18-16(4,5)6;1-7-8-9-11(13(16)18)12(10(2)3)14(19)17-15(4,5)6;;;;;;/h13-15H,5-12H2,1-4H3,(H2,19,21)(H,20,22);8-9,12-13H,10-11H2,1-7H3,(H2,18,20)(H,19,21);8-9,11-12H,10H2,1-7H3,(H2,17,19)(H,18,20);11-13H,7-10H2,1-6H3,(H2,17,19)(H,18,20);12-13H,2,7-10H2,1,3-6H3,(H2,17,19)(H,18,20);7-8,10-12H,9H2,1-6H3,(H2,16,18)(H,17,19);6*1H/b;2*9-8+;;;8-7+;;;;;;/t14-,15+;12-,13+;11-,12+;2*12-,13+;11-,12+;;;;;;/m000000....../s1. The monoisotopic (exact) mass is 1740 g/mol. The number of rotatable bonds is 41. The summed E-state index contributed by atoms with van der Waals surface area (Å²) in [5, 5.41) is 17.9. The van der Waals surface area contributed by atoms with Gasteiger partial charge in [-0.25, -0.2) is 0 Å². The van der Waals surface area contributed by atoms with Crippen LogP contribution >= 0.6 is 0 Å². The summed E-state index contributed by atoms with van der Waals surface area (Å²) in [6, 6.07) is 0. The van der Waals surface area contributed by atoms with E-state index in [0.717, 1.165) is 56.9 Å². The number of hydrogen-bond donors (Lipinski definition) is 12. The first-order valence-electron chi connectivity index (χ1n) is 45.4. The van der Waals surface area contributed by atoms with Crippen molar-refractivity contribution in [2.24, 2.45) is 134 Å². The van der Waals surface area contributed by atoms with Crippen LogP contribution in [-0.2, 0) is 57.5 Å². The highest BCUT2D eigenvalue weighted by atomic mass is 16.2. The molecule has 0 saturated heterocycles. The largest absolute Gasteiger partial charge is 0.369 e. The van der Waals surface area contributed by atoms with Gasteiger partial charge in [-0.05, 0) is 245 Å². The molecule has 722 valence electrons. The number of nitrogens with one attached hydrogen (secondary N) is 6. The molecule has 1 aliphatic carbocycles. The lowest BCUT2D eigenvalue weighted by atomic mass is 9.70. The predicted octanol–water partition coefficient (Wildman–Crippen LogP) is 18.4. The van der Waals surface area contributed by atoms with E-state index in [4.69, 9.17) is 34.4 Å². The Morgan fingerprint density at radius 1 is 0.377 bits per heavy atom. The first-order valence-corrected chi connectivity index (χ1v) is 45.4. The summed E-state index contributed by atoms with van der Waals surface area (Å²) >= 11 is 0. The van der Waals surface area contributed by atoms with Crippen LogP contribution in [0.15, 0.2) is 48.6 Å². The first-order chi connectivity index (χ1) is 55.3. The van der Waals surface area contributed by atoms with Crippen LogP contribution in [0.4, 0.5) is 0 Å². The minimum Gasteiger partial charge on any atom is -0.369 e. The van der Waals surface area contributed by atoms with Gasteiger partial charge in [0.05, 0.1) is 41.4 Å². The molecule has 0 bridgehead atoms. The van der Waals surface area contributed by atoms with Crippen LogP contribution in [0.25, 0.3) is 0 Å². The van der Waals surface area contributed by atoms with Gasteiger partial charge in [0.2, 0.25) is 70.9 Å². The number of carbonyl (C=O) groups excluding carboxylic acids is 12. The minimum atomic E-state index is -0.492. The van der Waals surface area contributed by atoms with Crippen molar-refractivity contribution in [3.8, 4) is 0 Å². The van der Waals surface area contributed by atoms with Gasteiger partial charge in [-0.15, -0.1) is 6.58 Å². The predicted molar refractivity (Wildman–Crippen MR) is 518 cm³/mol. The Balaban J connectivity index is -0.000000141. The quantitative estimate of drug-likeness (QED) is 0.0254. The Morgan fingerprint density at radius 3 is 0.934 bits per heavy atom. The van der Waals surface area contributed by atoms with Crippen molar-refractivity contribution in [2.45, 2.75) is 404 Å². The van der Waals surface area contributed by atoms with Crippen molar-refractivity contribution in [3.63, 3.8) is 0 Å². The Bertz CT molecular complexity index is 3270. The van der Waals surface area contributed by atoms with Gasteiger partial charge >= 0.3 is 0 Å². The second kappa shape index (κ2) is 58.7. The first kappa shape index (κ1) is 123. The molecule has 0 aliphatic heterocycles. The lowest BCUT2D eigenvalue weighted by Gasteiger charge is -2.36. The molecule has 24 nitrogen and oxygen atoms in total. The average Bonchev–Trinajstić information content (AvgIpc) is 0.875. The summed E-state index contributed by atoms with van der Waals surface area (Å²) in [5.41, 5.74) is 31.9. The molecule has 1 fully saturated rings. The van der Waals surface area contributed by atoms with Crippen molar-refractivity contribution >= 4 is 70.9 Å². The van der Waals surface area contributed by atoms with Crippen LogP contribution in [0.2, 0.25) is 0 Å². The van der Waals surface area contributed by atoms with E-state index in [9.17, 15) is 57.5 Å². The molecule has 0 radical (unpaired) electrons. The summed E-state index contributed by atoms with van der Waals surface area (Å²) < 4.78 is 0. The van der Waals surface area contributed by atoms with Crippen LogP contribution in [-0.4, -0.2) is 104 Å². The van der Waals surface area contributed by atoms with Gasteiger partial charge in [0.1, 0.15) is 0 Å². The smallest absolute Gasteiger partial charge is 0.224 e. The molecule has 18 N–H and O–H groups in total. The summed E-state index contributed by atoms with van der Waals surface area (Å²) in [6.45, 7) is 72.6. The summed E-state index contributed by atoms with van der Waals surface area (Å²) in [6.07, 6.45) is 28.1. The van der Waals surface area contributed by atoms with E-state index in [0.29, 0.717) is 63.2 Å². The fourth-order valence-corrected chi connectivity index (χ4v) is 14.9.